The van der Waals surface area contributed by atoms with Crippen LogP contribution in [0, 0.1) is 0 Å². The number of nitrogens with zero attached hydrogens (tertiary/aromatic N) is 4. The number of hydrogen-bond acceptors (Lipinski definition) is 5. The quantitative estimate of drug-likeness (QED) is 0.458. The van der Waals surface area contributed by atoms with Gasteiger partial charge in [-0.3, -0.25) is 0 Å². The summed E-state index contributed by atoms with van der Waals surface area (Å²) in [7, 11) is -0.561. The third kappa shape index (κ3) is 5.17. The molecule has 1 saturated heterocycles. The minimum atomic E-state index is -0.561. The maximum absolute atomic E-state index is 5.98. The summed E-state index contributed by atoms with van der Waals surface area (Å²) in [4.78, 5) is 6.84. The predicted octanol–water partition coefficient (Wildman–Crippen LogP) is 4.37. The van der Waals surface area contributed by atoms with Gasteiger partial charge in [0.05, 0.1) is 25.3 Å². The highest BCUT2D eigenvalue weighted by Crippen LogP contribution is 2.34. The molecule has 0 atom stereocenters. The van der Waals surface area contributed by atoms with E-state index in [1.54, 1.807) is 0 Å². The molecule has 0 spiro atoms. The van der Waals surface area contributed by atoms with Crippen LogP contribution in [0.1, 0.15) is 0 Å². The summed E-state index contributed by atoms with van der Waals surface area (Å²) in [5.41, 5.74) is 3.08. The molecule has 0 amide bonds. The smallest absolute Gasteiger partial charge is 0.140 e. The lowest BCUT2D eigenvalue weighted by Gasteiger charge is -2.27. The molecule has 0 unspecified atom stereocenters. The molecule has 1 aliphatic rings. The highest BCUT2D eigenvalue weighted by Gasteiger charge is 2.17. The van der Waals surface area contributed by atoms with Crippen LogP contribution in [0.4, 0.5) is 5.82 Å². The molecule has 0 saturated carbocycles. The number of morpholine rings is 1. The molecule has 3 aromatic rings. The van der Waals surface area contributed by atoms with Crippen molar-refractivity contribution in [3.63, 3.8) is 0 Å². The Balaban J connectivity index is 1.63. The molecule has 8 heteroatoms. The number of pyridine rings is 1. The van der Waals surface area contributed by atoms with Gasteiger partial charge in [0.1, 0.15) is 18.2 Å². The number of benzene rings is 1. The number of halogens is 1. The molecule has 4 rings (SSSR count). The van der Waals surface area contributed by atoms with E-state index in [9.17, 15) is 0 Å². The van der Waals surface area contributed by atoms with E-state index in [0.717, 1.165) is 71.1 Å². The first-order valence-corrected chi connectivity index (χ1v) is 13.9. The molecule has 0 bridgehead atoms. The van der Waals surface area contributed by atoms with Crippen LogP contribution in [0.25, 0.3) is 22.2 Å². The van der Waals surface area contributed by atoms with Crippen molar-refractivity contribution >= 4 is 42.7 Å². The number of aromatic nitrogens is 3. The highest BCUT2D eigenvalue weighted by atomic mass is 79.9. The highest BCUT2D eigenvalue weighted by molar-refractivity contribution is 9.10. The lowest BCUT2D eigenvalue weighted by atomic mass is 10.1. The molecular formula is C22H29BrN4O2S. The van der Waals surface area contributed by atoms with Gasteiger partial charge in [-0.1, -0.05) is 15.9 Å². The van der Waals surface area contributed by atoms with Crippen LogP contribution in [0.15, 0.2) is 41.0 Å². The summed E-state index contributed by atoms with van der Waals surface area (Å²) < 4.78 is 14.5. The Morgan fingerprint density at radius 2 is 1.93 bits per heavy atom. The first-order valence-electron chi connectivity index (χ1n) is 10.1. The largest absolute Gasteiger partial charge is 0.378 e. The summed E-state index contributed by atoms with van der Waals surface area (Å²) in [5, 5.41) is 6.03. The standard InChI is InChI=1S/C22H29BrN4O2S/c1-30(2,3)13-12-29-16-27-20-5-4-18(23)15-19(20)22(25-27)17-6-7-24-21(14-17)26-8-10-28-11-9-26/h4-7,14-15H,8-13,16H2,1-3H3. The average molecular weight is 493 g/mol. The molecule has 1 fully saturated rings. The Labute approximate surface area is 188 Å². The van der Waals surface area contributed by atoms with Crippen molar-refractivity contribution in [3.05, 3.63) is 41.0 Å². The van der Waals surface area contributed by atoms with Gasteiger partial charge in [-0.15, -0.1) is 0 Å². The number of anilines is 1. The maximum Gasteiger partial charge on any atom is 0.140 e. The zero-order chi connectivity index (χ0) is 21.1. The van der Waals surface area contributed by atoms with E-state index in [2.05, 4.69) is 68.8 Å². The van der Waals surface area contributed by atoms with Crippen molar-refractivity contribution in [2.24, 2.45) is 0 Å². The monoisotopic (exact) mass is 492 g/mol. The molecule has 0 N–H and O–H groups in total. The van der Waals surface area contributed by atoms with Crippen molar-refractivity contribution in [1.82, 2.24) is 14.8 Å². The van der Waals surface area contributed by atoms with Gasteiger partial charge in [-0.2, -0.15) is 5.10 Å². The second-order valence-corrected chi connectivity index (χ2v) is 13.8. The van der Waals surface area contributed by atoms with Crippen LogP contribution in [0.5, 0.6) is 0 Å². The first-order chi connectivity index (χ1) is 14.4. The van der Waals surface area contributed by atoms with E-state index in [-0.39, 0.29) is 0 Å². The fraction of sp³-hybridized carbons (Fsp3) is 0.455. The van der Waals surface area contributed by atoms with Crippen LogP contribution in [0.3, 0.4) is 0 Å². The van der Waals surface area contributed by atoms with Gasteiger partial charge < -0.3 is 14.4 Å². The zero-order valence-corrected chi connectivity index (χ0v) is 20.2. The Bertz CT molecular complexity index is 1010. The number of hydrogen-bond donors (Lipinski definition) is 0. The summed E-state index contributed by atoms with van der Waals surface area (Å²) >= 11 is 3.61. The van der Waals surface area contributed by atoms with Gasteiger partial charge in [-0.25, -0.2) is 19.7 Å². The summed E-state index contributed by atoms with van der Waals surface area (Å²) in [6.45, 7) is 4.41. The number of ether oxygens (including phenoxy) is 2. The Morgan fingerprint density at radius 1 is 1.13 bits per heavy atom. The van der Waals surface area contributed by atoms with Crippen molar-refractivity contribution in [1.29, 1.82) is 0 Å². The van der Waals surface area contributed by atoms with Gasteiger partial charge in [0, 0.05) is 40.5 Å². The number of fused-ring (bicyclic) bond motifs is 1. The molecular weight excluding hydrogens is 464 g/mol. The van der Waals surface area contributed by atoms with E-state index in [0.29, 0.717) is 6.73 Å². The lowest BCUT2D eigenvalue weighted by Crippen LogP contribution is -2.36. The predicted molar refractivity (Wildman–Crippen MR) is 130 cm³/mol. The Hall–Kier alpha value is -1.61. The van der Waals surface area contributed by atoms with Gasteiger partial charge >= 0.3 is 0 Å². The molecule has 162 valence electrons. The van der Waals surface area contributed by atoms with E-state index < -0.39 is 10.0 Å². The van der Waals surface area contributed by atoms with Crippen LogP contribution < -0.4 is 4.90 Å². The van der Waals surface area contributed by atoms with Gasteiger partial charge in [-0.05, 0) is 49.1 Å². The van der Waals surface area contributed by atoms with Gasteiger partial charge in [0.15, 0.2) is 0 Å². The Morgan fingerprint density at radius 3 is 2.70 bits per heavy atom. The lowest BCUT2D eigenvalue weighted by molar-refractivity contribution is 0.0842. The van der Waals surface area contributed by atoms with Crippen molar-refractivity contribution in [2.45, 2.75) is 6.73 Å². The van der Waals surface area contributed by atoms with Crippen LogP contribution in [-0.2, 0) is 16.2 Å². The summed E-state index contributed by atoms with van der Waals surface area (Å²) in [5.74, 6) is 2.07. The van der Waals surface area contributed by atoms with Gasteiger partial charge in [0.25, 0.3) is 0 Å². The van der Waals surface area contributed by atoms with E-state index in [1.165, 1.54) is 0 Å². The van der Waals surface area contributed by atoms with Crippen molar-refractivity contribution < 1.29 is 9.47 Å². The minimum absolute atomic E-state index is 0.453. The molecule has 0 aliphatic carbocycles. The van der Waals surface area contributed by atoms with E-state index in [1.807, 2.05) is 16.9 Å². The summed E-state index contributed by atoms with van der Waals surface area (Å²) in [6, 6.07) is 10.4. The first kappa shape index (κ1) is 21.6. The third-order valence-corrected chi connectivity index (χ3v) is 7.00. The normalized spacial score (nSPS) is 15.7. The molecule has 6 nitrogen and oxygen atoms in total. The molecule has 0 radical (unpaired) electrons. The van der Waals surface area contributed by atoms with Crippen molar-refractivity contribution in [2.75, 3.05) is 62.3 Å². The maximum atomic E-state index is 5.98. The fourth-order valence-electron chi connectivity index (χ4n) is 3.45. The van der Waals surface area contributed by atoms with Gasteiger partial charge in [0.2, 0.25) is 0 Å². The Kier molecular flexibility index (Phi) is 6.67. The average Bonchev–Trinajstić information content (AvgIpc) is 3.09. The molecule has 1 aromatic carbocycles. The van der Waals surface area contributed by atoms with Crippen molar-refractivity contribution in [3.8, 4) is 11.3 Å². The molecule has 3 heterocycles. The van der Waals surface area contributed by atoms with Crippen LogP contribution >= 0.6 is 26.0 Å². The topological polar surface area (TPSA) is 52.4 Å². The van der Waals surface area contributed by atoms with Crippen LogP contribution in [-0.4, -0.2) is 72.2 Å². The molecule has 2 aromatic heterocycles. The van der Waals surface area contributed by atoms with Crippen LogP contribution in [0.2, 0.25) is 0 Å². The number of rotatable bonds is 7. The second-order valence-electron chi connectivity index (χ2n) is 8.34. The molecule has 1 aliphatic heterocycles. The summed E-state index contributed by atoms with van der Waals surface area (Å²) in [6.07, 6.45) is 8.80. The second kappa shape index (κ2) is 9.26. The molecule has 30 heavy (non-hydrogen) atoms. The van der Waals surface area contributed by atoms with E-state index >= 15 is 0 Å². The zero-order valence-electron chi connectivity index (χ0n) is 17.8. The SMILES string of the molecule is CS(C)(C)CCOCn1nc(-c2ccnc(N3CCOCC3)c2)c2cc(Br)ccc21. The fourth-order valence-corrected chi connectivity index (χ4v) is 4.43. The third-order valence-electron chi connectivity index (χ3n) is 5.12. The minimum Gasteiger partial charge on any atom is -0.378 e. The van der Waals surface area contributed by atoms with E-state index in [4.69, 9.17) is 14.6 Å².